The Morgan fingerprint density at radius 1 is 0.967 bits per heavy atom. The van der Waals surface area contributed by atoms with Crippen molar-refractivity contribution in [3.8, 4) is 11.3 Å². The number of aromatic nitrogens is 2. The van der Waals surface area contributed by atoms with E-state index < -0.39 is 12.7 Å². The van der Waals surface area contributed by atoms with E-state index in [-0.39, 0.29) is 5.69 Å². The van der Waals surface area contributed by atoms with Crippen molar-refractivity contribution in [1.82, 2.24) is 9.97 Å². The van der Waals surface area contributed by atoms with Crippen LogP contribution in [0.1, 0.15) is 47.6 Å². The third kappa shape index (κ3) is 3.37. The molecule has 30 heavy (non-hydrogen) atoms. The quantitative estimate of drug-likeness (QED) is 0.326. The van der Waals surface area contributed by atoms with E-state index >= 15 is 0 Å². The normalized spacial score (nSPS) is 14.3. The van der Waals surface area contributed by atoms with Gasteiger partial charge < -0.3 is 4.42 Å². The summed E-state index contributed by atoms with van der Waals surface area (Å²) in [4.78, 5) is 8.83. The van der Waals surface area contributed by atoms with Gasteiger partial charge in [-0.05, 0) is 66.2 Å². The fraction of sp³-hybridized carbons (Fsp3) is 0.185. The van der Waals surface area contributed by atoms with Gasteiger partial charge in [0.25, 0.3) is 0 Å². The number of hydrogen-bond acceptors (Lipinski definition) is 3. The Balaban J connectivity index is 1.52. The summed E-state index contributed by atoms with van der Waals surface area (Å²) >= 11 is 0. The van der Waals surface area contributed by atoms with Gasteiger partial charge in [0.15, 0.2) is 0 Å². The molecule has 0 spiro atoms. The van der Waals surface area contributed by atoms with Gasteiger partial charge in [0.1, 0.15) is 5.58 Å². The molecule has 0 aliphatic carbocycles. The second kappa shape index (κ2) is 7.42. The zero-order valence-corrected chi connectivity index (χ0v) is 16.9. The molecule has 3 aromatic heterocycles. The third-order valence-corrected chi connectivity index (χ3v) is 5.40. The third-order valence-electron chi connectivity index (χ3n) is 5.40. The molecule has 0 amide bonds. The summed E-state index contributed by atoms with van der Waals surface area (Å²) in [6.45, 7) is 1.48. The summed E-state index contributed by atoms with van der Waals surface area (Å²) in [5.74, 6) is -0.618. The predicted molar refractivity (Wildman–Crippen MR) is 123 cm³/mol. The standard InChI is InChI=1S/C27H24N2O/c1-17(2)21-10-8-19(9-11-21)15-20-13-14-28-25(16-20)24-6-4-5-22-23-12-7-18(3)29-27(23)30-26(22)24/h4-14,16-17H,15H2,1-3H3/i3D3,17D. The second-order valence-electron chi connectivity index (χ2n) is 7.76. The number of para-hydroxylation sites is 1. The fourth-order valence-corrected chi connectivity index (χ4v) is 3.80. The molecule has 3 heterocycles. The van der Waals surface area contributed by atoms with E-state index in [1.54, 1.807) is 12.3 Å². The highest BCUT2D eigenvalue weighted by molar-refractivity contribution is 6.08. The van der Waals surface area contributed by atoms with Crippen molar-refractivity contribution in [2.24, 2.45) is 0 Å². The smallest absolute Gasteiger partial charge is 0.227 e. The lowest BCUT2D eigenvalue weighted by Gasteiger charge is -2.08. The molecule has 0 atom stereocenters. The van der Waals surface area contributed by atoms with Crippen LogP contribution in [0.2, 0.25) is 0 Å². The number of aryl methyl sites for hydroxylation is 1. The average Bonchev–Trinajstić information content (AvgIpc) is 3.16. The van der Waals surface area contributed by atoms with Gasteiger partial charge in [-0.15, -0.1) is 0 Å². The van der Waals surface area contributed by atoms with E-state index in [2.05, 4.69) is 22.1 Å². The van der Waals surface area contributed by atoms with Crippen LogP contribution in [0.4, 0.5) is 0 Å². The lowest BCUT2D eigenvalue weighted by molar-refractivity contribution is 0.653. The SMILES string of the molecule is [2H]C([2H])([2H])c1ccc2c(n1)oc1c(-c3cc(Cc4ccc(C([2H])(C)C)cc4)ccn3)cccc12. The van der Waals surface area contributed by atoms with Crippen LogP contribution in [-0.4, -0.2) is 9.97 Å². The molecule has 0 N–H and O–H groups in total. The van der Waals surface area contributed by atoms with Crippen molar-refractivity contribution in [3.63, 3.8) is 0 Å². The predicted octanol–water partition coefficient (Wildman–Crippen LogP) is 7.07. The van der Waals surface area contributed by atoms with Crippen molar-refractivity contribution in [2.75, 3.05) is 0 Å². The summed E-state index contributed by atoms with van der Waals surface area (Å²) in [6, 6.07) is 21.3. The summed E-state index contributed by atoms with van der Waals surface area (Å²) in [7, 11) is 0. The highest BCUT2D eigenvalue weighted by Crippen LogP contribution is 2.34. The topological polar surface area (TPSA) is 38.9 Å². The Bertz CT molecular complexity index is 1500. The molecule has 148 valence electrons. The molecule has 0 unspecified atom stereocenters. The first-order chi connectivity index (χ1) is 16.1. The molecule has 0 radical (unpaired) electrons. The number of nitrogens with zero attached hydrogens (tertiary/aromatic N) is 2. The molecule has 5 rings (SSSR count). The molecule has 0 aliphatic heterocycles. The van der Waals surface area contributed by atoms with Crippen molar-refractivity contribution in [3.05, 3.63) is 95.3 Å². The average molecular weight is 397 g/mol. The summed E-state index contributed by atoms with van der Waals surface area (Å²) < 4.78 is 37.1. The first-order valence-corrected chi connectivity index (χ1v) is 9.97. The van der Waals surface area contributed by atoms with E-state index in [1.165, 1.54) is 6.07 Å². The molecule has 0 fully saturated rings. The van der Waals surface area contributed by atoms with Crippen LogP contribution >= 0.6 is 0 Å². The maximum Gasteiger partial charge on any atom is 0.227 e. The molecule has 3 nitrogen and oxygen atoms in total. The van der Waals surface area contributed by atoms with Gasteiger partial charge in [0.05, 0.1) is 5.69 Å². The first-order valence-electron chi connectivity index (χ1n) is 12.0. The lowest BCUT2D eigenvalue weighted by atomic mass is 9.98. The minimum Gasteiger partial charge on any atom is -0.437 e. The summed E-state index contributed by atoms with van der Waals surface area (Å²) in [6.07, 6.45) is 2.53. The van der Waals surface area contributed by atoms with Crippen molar-refractivity contribution >= 4 is 22.1 Å². The maximum atomic E-state index is 8.19. The molecule has 0 saturated carbocycles. The van der Waals surface area contributed by atoms with Crippen LogP contribution in [-0.2, 0) is 6.42 Å². The van der Waals surface area contributed by atoms with Gasteiger partial charge in [0.2, 0.25) is 5.71 Å². The van der Waals surface area contributed by atoms with Crippen LogP contribution in [0.5, 0.6) is 0 Å². The Morgan fingerprint density at radius 2 is 1.83 bits per heavy atom. The largest absolute Gasteiger partial charge is 0.437 e. The molecular weight excluding hydrogens is 368 g/mol. The Morgan fingerprint density at radius 3 is 2.63 bits per heavy atom. The number of benzene rings is 2. The van der Waals surface area contributed by atoms with Crippen LogP contribution < -0.4 is 0 Å². The fourth-order valence-electron chi connectivity index (χ4n) is 3.80. The molecular formula is C27H24N2O. The van der Waals surface area contributed by atoms with Gasteiger partial charge in [-0.1, -0.05) is 50.2 Å². The highest BCUT2D eigenvalue weighted by atomic mass is 16.3. The zero-order valence-electron chi connectivity index (χ0n) is 20.9. The van der Waals surface area contributed by atoms with Crippen molar-refractivity contribution in [1.29, 1.82) is 0 Å². The van der Waals surface area contributed by atoms with Gasteiger partial charge in [-0.25, -0.2) is 4.98 Å². The van der Waals surface area contributed by atoms with Gasteiger partial charge in [-0.2, -0.15) is 0 Å². The van der Waals surface area contributed by atoms with E-state index in [9.17, 15) is 0 Å². The van der Waals surface area contributed by atoms with Gasteiger partial charge in [-0.3, -0.25) is 4.98 Å². The van der Waals surface area contributed by atoms with Crippen LogP contribution in [0.3, 0.4) is 0 Å². The molecule has 3 heteroatoms. The zero-order chi connectivity index (χ0) is 24.1. The van der Waals surface area contributed by atoms with E-state index in [4.69, 9.17) is 9.90 Å². The van der Waals surface area contributed by atoms with E-state index in [0.717, 1.165) is 45.1 Å². The van der Waals surface area contributed by atoms with Crippen LogP contribution in [0.25, 0.3) is 33.3 Å². The number of rotatable bonds is 4. The minimum atomic E-state index is -2.29. The maximum absolute atomic E-state index is 8.19. The van der Waals surface area contributed by atoms with Crippen LogP contribution in [0.15, 0.2) is 77.3 Å². The number of fused-ring (bicyclic) bond motifs is 3. The lowest BCUT2D eigenvalue weighted by Crippen LogP contribution is -1.93. The molecule has 5 aromatic rings. The summed E-state index contributed by atoms with van der Waals surface area (Å²) in [5, 5.41) is 1.65. The Hall–Kier alpha value is -3.46. The molecule has 0 aliphatic rings. The molecule has 0 bridgehead atoms. The van der Waals surface area contributed by atoms with Crippen molar-refractivity contribution in [2.45, 2.75) is 33.0 Å². The van der Waals surface area contributed by atoms with Gasteiger partial charge >= 0.3 is 0 Å². The number of furan rings is 1. The van der Waals surface area contributed by atoms with E-state index in [0.29, 0.717) is 11.3 Å². The first kappa shape index (κ1) is 14.5. The molecule has 2 aromatic carbocycles. The van der Waals surface area contributed by atoms with Crippen molar-refractivity contribution < 1.29 is 9.90 Å². The summed E-state index contributed by atoms with van der Waals surface area (Å²) in [5.41, 5.74) is 5.83. The Labute approximate surface area is 182 Å². The van der Waals surface area contributed by atoms with E-state index in [1.807, 2.05) is 56.3 Å². The minimum absolute atomic E-state index is 0.0144. The van der Waals surface area contributed by atoms with Crippen LogP contribution in [0, 0.1) is 6.85 Å². The number of pyridine rings is 2. The Kier molecular flexibility index (Phi) is 3.59. The monoisotopic (exact) mass is 396 g/mol. The molecule has 0 saturated heterocycles. The van der Waals surface area contributed by atoms with Gasteiger partial charge in [0, 0.05) is 33.7 Å². The number of hydrogen-bond donors (Lipinski definition) is 0. The second-order valence-corrected chi connectivity index (χ2v) is 7.76. The highest BCUT2D eigenvalue weighted by Gasteiger charge is 2.14.